The minimum Gasteiger partial charge on any atom is -0.369 e. The van der Waals surface area contributed by atoms with Crippen molar-refractivity contribution < 1.29 is 9.18 Å². The number of H-pyrrole nitrogens is 1. The summed E-state index contributed by atoms with van der Waals surface area (Å²) < 4.78 is 14.5. The third-order valence-electron chi connectivity index (χ3n) is 6.03. The van der Waals surface area contributed by atoms with Crippen molar-refractivity contribution in [3.8, 4) is 11.1 Å². The Balaban J connectivity index is 1.49. The van der Waals surface area contributed by atoms with Crippen LogP contribution in [0.1, 0.15) is 23.3 Å². The maximum absolute atomic E-state index is 14.5. The molecule has 3 aromatic rings. The zero-order valence-electron chi connectivity index (χ0n) is 16.4. The van der Waals surface area contributed by atoms with Gasteiger partial charge in [-0.15, -0.1) is 0 Å². The molecule has 150 valence electrons. The molecule has 0 unspecified atom stereocenters. The lowest BCUT2D eigenvalue weighted by Crippen LogP contribution is -2.43. The number of carbonyl (C=O) groups excluding carboxylic acids is 1. The van der Waals surface area contributed by atoms with Crippen molar-refractivity contribution in [3.05, 3.63) is 54.0 Å². The summed E-state index contributed by atoms with van der Waals surface area (Å²) in [6.45, 7) is 5.54. The number of halogens is 1. The quantitative estimate of drug-likeness (QED) is 0.716. The average molecular weight is 392 g/mol. The van der Waals surface area contributed by atoms with Gasteiger partial charge in [-0.2, -0.15) is 0 Å². The highest BCUT2D eigenvalue weighted by atomic mass is 19.1. The summed E-state index contributed by atoms with van der Waals surface area (Å²) in [6.07, 6.45) is 2.07. The molecule has 2 fully saturated rings. The van der Waals surface area contributed by atoms with E-state index in [9.17, 15) is 9.18 Å². The molecule has 5 nitrogen and oxygen atoms in total. The van der Waals surface area contributed by atoms with Crippen molar-refractivity contribution in [2.24, 2.45) is 0 Å². The first-order valence-electron chi connectivity index (χ1n) is 10.4. The maximum Gasteiger partial charge on any atom is 0.270 e. The van der Waals surface area contributed by atoms with Crippen LogP contribution in [0.2, 0.25) is 0 Å². The molecule has 6 heteroatoms. The van der Waals surface area contributed by atoms with Crippen molar-refractivity contribution in [1.29, 1.82) is 0 Å². The number of anilines is 1. The van der Waals surface area contributed by atoms with E-state index in [1.165, 1.54) is 11.8 Å². The average Bonchev–Trinajstić information content (AvgIpc) is 3.45. The van der Waals surface area contributed by atoms with E-state index in [1.54, 1.807) is 12.1 Å². The van der Waals surface area contributed by atoms with Crippen LogP contribution in [0.5, 0.6) is 0 Å². The molecule has 0 spiro atoms. The van der Waals surface area contributed by atoms with Gasteiger partial charge in [-0.05, 0) is 48.2 Å². The van der Waals surface area contributed by atoms with E-state index in [0.717, 1.165) is 68.6 Å². The number of fused-ring (bicyclic) bond motifs is 1. The molecule has 0 radical (unpaired) electrons. The second-order valence-electron chi connectivity index (χ2n) is 7.85. The molecule has 2 aliphatic heterocycles. The summed E-state index contributed by atoms with van der Waals surface area (Å²) in [5.74, 6) is -0.375. The van der Waals surface area contributed by atoms with Crippen molar-refractivity contribution in [1.82, 2.24) is 15.2 Å². The van der Waals surface area contributed by atoms with E-state index in [4.69, 9.17) is 0 Å². The van der Waals surface area contributed by atoms with Crippen LogP contribution in [0.15, 0.2) is 42.5 Å². The van der Waals surface area contributed by atoms with Gasteiger partial charge in [-0.25, -0.2) is 4.39 Å². The zero-order valence-corrected chi connectivity index (χ0v) is 16.4. The van der Waals surface area contributed by atoms with Crippen LogP contribution in [-0.4, -0.2) is 55.1 Å². The predicted octanol–water partition coefficient (Wildman–Crippen LogP) is 3.62. The molecule has 2 saturated heterocycles. The summed E-state index contributed by atoms with van der Waals surface area (Å²) in [6, 6.07) is 13.5. The van der Waals surface area contributed by atoms with Crippen LogP contribution < -0.4 is 10.2 Å². The smallest absolute Gasteiger partial charge is 0.270 e. The minimum absolute atomic E-state index is 0.0434. The van der Waals surface area contributed by atoms with Gasteiger partial charge in [0, 0.05) is 50.3 Å². The molecule has 1 amide bonds. The lowest BCUT2D eigenvalue weighted by molar-refractivity contribution is 0.0788. The van der Waals surface area contributed by atoms with Crippen LogP contribution in [-0.2, 0) is 0 Å². The lowest BCUT2D eigenvalue weighted by Gasteiger charge is -2.29. The number of piperazine rings is 1. The summed E-state index contributed by atoms with van der Waals surface area (Å²) in [5, 5.41) is 4.12. The molecule has 0 atom stereocenters. The predicted molar refractivity (Wildman–Crippen MR) is 114 cm³/mol. The molecule has 3 heterocycles. The minimum atomic E-state index is -0.332. The normalized spacial score (nSPS) is 17.3. The highest BCUT2D eigenvalue weighted by Crippen LogP contribution is 2.32. The Bertz CT molecular complexity index is 1030. The van der Waals surface area contributed by atoms with Gasteiger partial charge < -0.3 is 20.1 Å². The van der Waals surface area contributed by atoms with E-state index >= 15 is 0 Å². The first-order valence-corrected chi connectivity index (χ1v) is 10.4. The number of aromatic nitrogens is 1. The summed E-state index contributed by atoms with van der Waals surface area (Å²) in [4.78, 5) is 20.0. The number of benzene rings is 2. The first-order chi connectivity index (χ1) is 14.2. The van der Waals surface area contributed by atoms with Crippen LogP contribution in [0.4, 0.5) is 10.1 Å². The molecule has 2 aromatic carbocycles. The van der Waals surface area contributed by atoms with Gasteiger partial charge in [0.1, 0.15) is 11.5 Å². The Morgan fingerprint density at radius 2 is 1.66 bits per heavy atom. The third kappa shape index (κ3) is 3.38. The maximum atomic E-state index is 14.5. The van der Waals surface area contributed by atoms with Gasteiger partial charge >= 0.3 is 0 Å². The molecular weight excluding hydrogens is 367 g/mol. The fourth-order valence-corrected chi connectivity index (χ4v) is 4.42. The molecule has 1 aromatic heterocycles. The van der Waals surface area contributed by atoms with Gasteiger partial charge in [0.05, 0.1) is 5.52 Å². The summed E-state index contributed by atoms with van der Waals surface area (Å²) in [7, 11) is 0. The molecule has 0 bridgehead atoms. The van der Waals surface area contributed by atoms with Crippen LogP contribution in [0, 0.1) is 5.82 Å². The number of rotatable bonds is 3. The van der Waals surface area contributed by atoms with E-state index in [0.29, 0.717) is 11.2 Å². The van der Waals surface area contributed by atoms with Gasteiger partial charge in [0.2, 0.25) is 0 Å². The topological polar surface area (TPSA) is 51.4 Å². The monoisotopic (exact) mass is 392 g/mol. The summed E-state index contributed by atoms with van der Waals surface area (Å²) >= 11 is 0. The lowest BCUT2D eigenvalue weighted by atomic mass is 10.0. The Morgan fingerprint density at radius 3 is 2.38 bits per heavy atom. The highest BCUT2D eigenvalue weighted by molar-refractivity contribution is 6.03. The Morgan fingerprint density at radius 1 is 0.931 bits per heavy atom. The first kappa shape index (κ1) is 18.2. The van der Waals surface area contributed by atoms with Crippen LogP contribution in [0.25, 0.3) is 22.0 Å². The molecule has 5 rings (SSSR count). The van der Waals surface area contributed by atoms with Gasteiger partial charge in [-0.3, -0.25) is 4.79 Å². The van der Waals surface area contributed by atoms with Crippen molar-refractivity contribution >= 4 is 22.5 Å². The van der Waals surface area contributed by atoms with Gasteiger partial charge in [0.15, 0.2) is 0 Å². The molecule has 0 aliphatic carbocycles. The van der Waals surface area contributed by atoms with Crippen LogP contribution in [0.3, 0.4) is 0 Å². The number of likely N-dealkylation sites (tertiary alicyclic amines) is 1. The van der Waals surface area contributed by atoms with Crippen molar-refractivity contribution in [3.63, 3.8) is 0 Å². The second-order valence-corrected chi connectivity index (χ2v) is 7.85. The van der Waals surface area contributed by atoms with Gasteiger partial charge in [0.25, 0.3) is 5.91 Å². The van der Waals surface area contributed by atoms with Crippen molar-refractivity contribution in [2.75, 3.05) is 44.2 Å². The zero-order chi connectivity index (χ0) is 19.8. The Kier molecular flexibility index (Phi) is 4.72. The van der Waals surface area contributed by atoms with Crippen LogP contribution >= 0.6 is 0 Å². The van der Waals surface area contributed by atoms with E-state index in [2.05, 4.69) is 39.5 Å². The van der Waals surface area contributed by atoms with Gasteiger partial charge in [-0.1, -0.05) is 18.2 Å². The molecule has 2 N–H and O–H groups in total. The molecule has 2 aliphatic rings. The van der Waals surface area contributed by atoms with E-state index < -0.39 is 0 Å². The largest absolute Gasteiger partial charge is 0.369 e. The number of carbonyl (C=O) groups is 1. The van der Waals surface area contributed by atoms with E-state index in [-0.39, 0.29) is 11.7 Å². The fraction of sp³-hybridized carbons (Fsp3) is 0.348. The Hall–Kier alpha value is -2.86. The number of amides is 1. The number of nitrogens with one attached hydrogen (secondary N) is 2. The fourth-order valence-electron chi connectivity index (χ4n) is 4.42. The third-order valence-corrected chi connectivity index (χ3v) is 6.03. The molecular formula is C23H25FN4O. The number of hydrogen-bond donors (Lipinski definition) is 2. The van der Waals surface area contributed by atoms with E-state index in [1.807, 2.05) is 4.90 Å². The number of aromatic amines is 1. The molecule has 29 heavy (non-hydrogen) atoms. The highest BCUT2D eigenvalue weighted by Gasteiger charge is 2.22. The second kappa shape index (κ2) is 7.52. The number of hydrogen-bond acceptors (Lipinski definition) is 3. The standard InChI is InChI=1S/C23H25FN4O/c24-20-8-7-18(16-3-5-17(6-4-16)27-13-9-25-10-14-27)19-15-21(26-22(19)20)23(29)28-11-1-2-12-28/h3-8,15,25-26H,1-2,9-14H2. The number of nitrogens with zero attached hydrogens (tertiary/aromatic N) is 2. The van der Waals surface area contributed by atoms with Crippen molar-refractivity contribution in [2.45, 2.75) is 12.8 Å². The molecule has 0 saturated carbocycles. The summed E-state index contributed by atoms with van der Waals surface area (Å²) in [5.41, 5.74) is 4.02. The Labute approximate surface area is 169 Å². The SMILES string of the molecule is O=C(c1cc2c(-c3ccc(N4CCNCC4)cc3)ccc(F)c2[nH]1)N1CCCC1.